The number of benzene rings is 1. The number of nitrogens with one attached hydrogen (secondary N) is 1. The predicted molar refractivity (Wildman–Crippen MR) is 111 cm³/mol. The zero-order chi connectivity index (χ0) is 20.5. The van der Waals surface area contributed by atoms with Gasteiger partial charge in [0.1, 0.15) is 0 Å². The third-order valence-corrected chi connectivity index (χ3v) is 5.61. The highest BCUT2D eigenvalue weighted by Gasteiger charge is 2.25. The summed E-state index contributed by atoms with van der Waals surface area (Å²) in [6, 6.07) is 5.55. The van der Waals surface area contributed by atoms with Crippen molar-refractivity contribution in [2.75, 3.05) is 6.54 Å². The Labute approximate surface area is 168 Å². The molecule has 8 heteroatoms. The van der Waals surface area contributed by atoms with Gasteiger partial charge >= 0.3 is 0 Å². The SMILES string of the molecule is Cc1cc(-c2ccn(C)n2)cc2c(=O)n(C[C@@H](O)C[C@H]3NCCC[C@@H]3O)cnc12. The molecule has 1 aliphatic heterocycles. The molecule has 3 aromatic rings. The van der Waals surface area contributed by atoms with E-state index in [2.05, 4.69) is 15.4 Å². The first kappa shape index (κ1) is 19.8. The van der Waals surface area contributed by atoms with E-state index in [-0.39, 0.29) is 18.1 Å². The van der Waals surface area contributed by atoms with E-state index in [1.165, 1.54) is 10.9 Å². The van der Waals surface area contributed by atoms with Gasteiger partial charge in [-0.2, -0.15) is 5.10 Å². The van der Waals surface area contributed by atoms with Crippen molar-refractivity contribution in [3.63, 3.8) is 0 Å². The van der Waals surface area contributed by atoms with E-state index in [0.29, 0.717) is 17.3 Å². The molecule has 3 heterocycles. The van der Waals surface area contributed by atoms with Gasteiger partial charge in [0, 0.05) is 24.8 Å². The van der Waals surface area contributed by atoms with E-state index in [0.717, 1.165) is 36.2 Å². The van der Waals surface area contributed by atoms with Crippen LogP contribution in [0.2, 0.25) is 0 Å². The molecule has 0 aliphatic carbocycles. The highest BCUT2D eigenvalue weighted by atomic mass is 16.3. The average molecular weight is 397 g/mol. The summed E-state index contributed by atoms with van der Waals surface area (Å²) >= 11 is 0. The second-order valence-electron chi connectivity index (χ2n) is 7.93. The number of aromatic nitrogens is 4. The van der Waals surface area contributed by atoms with Gasteiger partial charge in [-0.1, -0.05) is 0 Å². The molecular formula is C21H27N5O3. The molecule has 4 rings (SSSR count). The molecular weight excluding hydrogens is 370 g/mol. The summed E-state index contributed by atoms with van der Waals surface area (Å²) in [5.74, 6) is 0. The zero-order valence-electron chi connectivity index (χ0n) is 16.7. The average Bonchev–Trinajstić information content (AvgIpc) is 3.12. The van der Waals surface area contributed by atoms with Crippen molar-refractivity contribution in [3.05, 3.63) is 46.6 Å². The van der Waals surface area contributed by atoms with E-state index in [1.54, 1.807) is 4.68 Å². The van der Waals surface area contributed by atoms with Gasteiger partial charge in [-0.3, -0.25) is 14.0 Å². The lowest BCUT2D eigenvalue weighted by Crippen LogP contribution is -2.47. The van der Waals surface area contributed by atoms with E-state index in [4.69, 9.17) is 0 Å². The Kier molecular flexibility index (Phi) is 5.49. The van der Waals surface area contributed by atoms with E-state index in [9.17, 15) is 15.0 Å². The van der Waals surface area contributed by atoms with Gasteiger partial charge in [-0.15, -0.1) is 0 Å². The molecule has 0 bridgehead atoms. The number of hydrogen-bond donors (Lipinski definition) is 3. The molecule has 0 saturated carbocycles. The molecule has 0 amide bonds. The summed E-state index contributed by atoms with van der Waals surface area (Å²) in [5, 5.41) is 28.8. The molecule has 0 unspecified atom stereocenters. The standard InChI is InChI=1S/C21H27N5O3/c1-13-8-14(17-5-7-25(2)24-17)9-16-20(13)23-12-26(21(16)29)11-15(27)10-18-19(28)4-3-6-22-18/h5,7-9,12,15,18-19,22,27-28H,3-4,6,10-11H2,1-2H3/t15-,18+,19-/m0/s1. The molecule has 8 nitrogen and oxygen atoms in total. The lowest BCUT2D eigenvalue weighted by atomic mass is 9.96. The van der Waals surface area contributed by atoms with Crippen LogP contribution in [0.25, 0.3) is 22.2 Å². The first-order valence-electron chi connectivity index (χ1n) is 10.0. The fraction of sp³-hybridized carbons (Fsp3) is 0.476. The fourth-order valence-corrected chi connectivity index (χ4v) is 4.07. The third kappa shape index (κ3) is 4.10. The summed E-state index contributed by atoms with van der Waals surface area (Å²) in [5.41, 5.74) is 3.03. The van der Waals surface area contributed by atoms with Crippen LogP contribution >= 0.6 is 0 Å². The lowest BCUT2D eigenvalue weighted by molar-refractivity contribution is 0.0539. The molecule has 0 radical (unpaired) electrons. The van der Waals surface area contributed by atoms with Crippen LogP contribution < -0.4 is 10.9 Å². The lowest BCUT2D eigenvalue weighted by Gasteiger charge is -2.30. The van der Waals surface area contributed by atoms with Crippen LogP contribution in [0.5, 0.6) is 0 Å². The van der Waals surface area contributed by atoms with Crippen molar-refractivity contribution < 1.29 is 10.2 Å². The largest absolute Gasteiger partial charge is 0.392 e. The third-order valence-electron chi connectivity index (χ3n) is 5.61. The van der Waals surface area contributed by atoms with E-state index < -0.39 is 12.2 Å². The van der Waals surface area contributed by atoms with Gasteiger partial charge in [0.15, 0.2) is 0 Å². The van der Waals surface area contributed by atoms with Crippen molar-refractivity contribution >= 4 is 10.9 Å². The molecule has 2 aromatic heterocycles. The molecule has 1 saturated heterocycles. The minimum absolute atomic E-state index is 0.138. The number of aliphatic hydroxyl groups is 2. The molecule has 3 atom stereocenters. The second-order valence-corrected chi connectivity index (χ2v) is 7.93. The Bertz CT molecular complexity index is 1070. The fourth-order valence-electron chi connectivity index (χ4n) is 4.07. The quantitative estimate of drug-likeness (QED) is 0.593. The molecule has 1 fully saturated rings. The number of aliphatic hydroxyl groups excluding tert-OH is 2. The number of rotatable bonds is 5. The predicted octanol–water partition coefficient (Wildman–Crippen LogP) is 0.969. The summed E-state index contributed by atoms with van der Waals surface area (Å²) in [6.07, 6.45) is 4.19. The van der Waals surface area contributed by atoms with Crippen molar-refractivity contribution in [2.24, 2.45) is 7.05 Å². The van der Waals surface area contributed by atoms with Crippen LogP contribution in [0.3, 0.4) is 0 Å². The minimum atomic E-state index is -0.753. The van der Waals surface area contributed by atoms with Gasteiger partial charge in [0.05, 0.1) is 41.7 Å². The number of nitrogens with zero attached hydrogens (tertiary/aromatic N) is 4. The van der Waals surface area contributed by atoms with Crippen LogP contribution in [0, 0.1) is 6.92 Å². The van der Waals surface area contributed by atoms with Crippen LogP contribution in [0.4, 0.5) is 0 Å². The Morgan fingerprint density at radius 3 is 2.93 bits per heavy atom. The van der Waals surface area contributed by atoms with Gasteiger partial charge in [0.2, 0.25) is 0 Å². The maximum atomic E-state index is 13.1. The molecule has 1 aromatic carbocycles. The van der Waals surface area contributed by atoms with Crippen LogP contribution in [-0.2, 0) is 13.6 Å². The monoisotopic (exact) mass is 397 g/mol. The highest BCUT2D eigenvalue weighted by molar-refractivity contribution is 5.85. The number of piperidine rings is 1. The minimum Gasteiger partial charge on any atom is -0.392 e. The molecule has 154 valence electrons. The van der Waals surface area contributed by atoms with Crippen molar-refractivity contribution in [1.29, 1.82) is 0 Å². The number of hydrogen-bond acceptors (Lipinski definition) is 6. The summed E-state index contributed by atoms with van der Waals surface area (Å²) in [7, 11) is 1.85. The first-order chi connectivity index (χ1) is 13.9. The van der Waals surface area contributed by atoms with Gasteiger partial charge < -0.3 is 15.5 Å². The summed E-state index contributed by atoms with van der Waals surface area (Å²) < 4.78 is 3.17. The molecule has 0 spiro atoms. The Balaban J connectivity index is 1.61. The smallest absolute Gasteiger partial charge is 0.261 e. The Morgan fingerprint density at radius 1 is 1.38 bits per heavy atom. The van der Waals surface area contributed by atoms with Gasteiger partial charge in [-0.05, 0) is 56.5 Å². The van der Waals surface area contributed by atoms with Crippen LogP contribution in [0.15, 0.2) is 35.5 Å². The van der Waals surface area contributed by atoms with Crippen molar-refractivity contribution in [3.8, 4) is 11.3 Å². The summed E-state index contributed by atoms with van der Waals surface area (Å²) in [6.45, 7) is 2.90. The van der Waals surface area contributed by atoms with E-state index in [1.807, 2.05) is 38.4 Å². The maximum absolute atomic E-state index is 13.1. The normalized spacial score (nSPS) is 20.8. The zero-order valence-corrected chi connectivity index (χ0v) is 16.7. The molecule has 1 aliphatic rings. The highest BCUT2D eigenvalue weighted by Crippen LogP contribution is 2.23. The maximum Gasteiger partial charge on any atom is 0.261 e. The van der Waals surface area contributed by atoms with Gasteiger partial charge in [0.25, 0.3) is 5.56 Å². The topological polar surface area (TPSA) is 105 Å². The first-order valence-corrected chi connectivity index (χ1v) is 10.0. The number of aryl methyl sites for hydroxylation is 2. The molecule has 3 N–H and O–H groups in total. The van der Waals surface area contributed by atoms with Crippen LogP contribution in [0.1, 0.15) is 24.8 Å². The van der Waals surface area contributed by atoms with E-state index >= 15 is 0 Å². The summed E-state index contributed by atoms with van der Waals surface area (Å²) in [4.78, 5) is 17.5. The Morgan fingerprint density at radius 2 is 2.21 bits per heavy atom. The second kappa shape index (κ2) is 8.06. The van der Waals surface area contributed by atoms with Crippen molar-refractivity contribution in [1.82, 2.24) is 24.6 Å². The number of fused-ring (bicyclic) bond motifs is 1. The van der Waals surface area contributed by atoms with Crippen molar-refractivity contribution in [2.45, 2.75) is 51.0 Å². The Hall–Kier alpha value is -2.55. The van der Waals surface area contributed by atoms with Crippen LogP contribution in [-0.4, -0.2) is 54.3 Å². The molecule has 29 heavy (non-hydrogen) atoms. The van der Waals surface area contributed by atoms with Gasteiger partial charge in [-0.25, -0.2) is 4.98 Å².